The fourth-order valence-corrected chi connectivity index (χ4v) is 2.67. The first kappa shape index (κ1) is 22.1. The summed E-state index contributed by atoms with van der Waals surface area (Å²) >= 11 is 0. The van der Waals surface area contributed by atoms with Crippen LogP contribution in [0.5, 0.6) is 11.5 Å². The minimum atomic E-state index is -1.09. The summed E-state index contributed by atoms with van der Waals surface area (Å²) in [5, 5.41) is 12.5. The molecule has 0 bridgehead atoms. The summed E-state index contributed by atoms with van der Waals surface area (Å²) in [6.07, 6.45) is 4.58. The molecule has 0 radical (unpaired) electrons. The van der Waals surface area contributed by atoms with Crippen LogP contribution in [0.3, 0.4) is 0 Å². The molecule has 1 aromatic rings. The lowest BCUT2D eigenvalue weighted by atomic mass is 10.0. The first-order valence-corrected chi connectivity index (χ1v) is 9.05. The molecule has 1 aliphatic heterocycles. The van der Waals surface area contributed by atoms with Crippen LogP contribution >= 0.6 is 0 Å². The number of benzene rings is 1. The van der Waals surface area contributed by atoms with Gasteiger partial charge in [-0.3, -0.25) is 5.01 Å². The second-order valence-electron chi connectivity index (χ2n) is 6.60. The number of rotatable bonds is 11. The van der Waals surface area contributed by atoms with E-state index in [1.807, 2.05) is 13.2 Å². The van der Waals surface area contributed by atoms with Gasteiger partial charge in [0.15, 0.2) is 0 Å². The second kappa shape index (κ2) is 10.4. The molecular formula is C18H29N7O4. The number of nitrogens with one attached hydrogen (secondary N) is 2. The molecule has 0 unspecified atom stereocenters. The van der Waals surface area contributed by atoms with E-state index in [9.17, 15) is 9.90 Å². The second-order valence-corrected chi connectivity index (χ2v) is 6.60. The van der Waals surface area contributed by atoms with Crippen molar-refractivity contribution in [3.05, 3.63) is 47.1 Å². The number of nitrogens with zero attached hydrogens (tertiary/aromatic N) is 2. The van der Waals surface area contributed by atoms with E-state index in [1.165, 1.54) is 23.3 Å². The van der Waals surface area contributed by atoms with Crippen molar-refractivity contribution in [3.8, 4) is 11.5 Å². The van der Waals surface area contributed by atoms with Crippen molar-refractivity contribution < 1.29 is 19.4 Å². The number of ether oxygens (including phenoxy) is 2. The Morgan fingerprint density at radius 1 is 1.34 bits per heavy atom. The summed E-state index contributed by atoms with van der Waals surface area (Å²) in [4.78, 5) is 11.6. The normalized spacial score (nSPS) is 13.7. The van der Waals surface area contributed by atoms with E-state index in [-0.39, 0.29) is 18.8 Å². The molecule has 160 valence electrons. The first-order chi connectivity index (χ1) is 13.8. The summed E-state index contributed by atoms with van der Waals surface area (Å²) in [7, 11) is 3.47. The minimum absolute atomic E-state index is 0.0428. The first-order valence-electron chi connectivity index (χ1n) is 9.05. The SMILES string of the molecule is CN(N)/C=C(\N)COc1cc(C(=O)O)cc(OCC2=CN(C)NN2)c1CCCN. The molecule has 11 nitrogen and oxygen atoms in total. The molecule has 1 aromatic carbocycles. The largest absolute Gasteiger partial charge is 0.487 e. The standard InChI is InChI=1S/C18H29N7O4/c1-24(21)8-13(20)10-28-16-6-12(18(26)27)7-17(15(16)4-3-5-19)29-11-14-9-25(2)23-22-14/h6-9,22-23H,3-5,10-11,19-21H2,1-2H3,(H,26,27)/b13-8-. The Hall–Kier alpha value is -3.15. The van der Waals surface area contributed by atoms with E-state index in [1.54, 1.807) is 12.1 Å². The van der Waals surface area contributed by atoms with Crippen molar-refractivity contribution >= 4 is 5.97 Å². The number of hydrazine groups is 3. The van der Waals surface area contributed by atoms with Crippen molar-refractivity contribution in [1.82, 2.24) is 21.0 Å². The predicted octanol–water partition coefficient (Wildman–Crippen LogP) is -0.565. The van der Waals surface area contributed by atoms with E-state index >= 15 is 0 Å². The van der Waals surface area contributed by atoms with Gasteiger partial charge in [0, 0.05) is 32.1 Å². The van der Waals surface area contributed by atoms with E-state index in [0.717, 1.165) is 11.3 Å². The van der Waals surface area contributed by atoms with Gasteiger partial charge in [-0.25, -0.2) is 10.6 Å². The Morgan fingerprint density at radius 2 is 2.03 bits per heavy atom. The minimum Gasteiger partial charge on any atom is -0.487 e. The van der Waals surface area contributed by atoms with Gasteiger partial charge in [-0.15, -0.1) is 5.53 Å². The molecule has 0 aromatic heterocycles. The molecule has 0 spiro atoms. The van der Waals surface area contributed by atoms with Crippen LogP contribution in [0.15, 0.2) is 35.9 Å². The van der Waals surface area contributed by atoms with Crippen molar-refractivity contribution in [1.29, 1.82) is 0 Å². The summed E-state index contributed by atoms with van der Waals surface area (Å²) in [5.41, 5.74) is 19.3. The molecule has 2 rings (SSSR count). The third-order valence-electron chi connectivity index (χ3n) is 3.94. The molecule has 0 saturated heterocycles. The number of hydrogen-bond acceptors (Lipinski definition) is 10. The fourth-order valence-electron chi connectivity index (χ4n) is 2.67. The van der Waals surface area contributed by atoms with Crippen LogP contribution in [0, 0.1) is 0 Å². The summed E-state index contributed by atoms with van der Waals surface area (Å²) in [6.45, 7) is 0.734. The Balaban J connectivity index is 2.31. The highest BCUT2D eigenvalue weighted by Crippen LogP contribution is 2.33. The van der Waals surface area contributed by atoms with E-state index in [4.69, 9.17) is 26.8 Å². The monoisotopic (exact) mass is 407 g/mol. The van der Waals surface area contributed by atoms with Gasteiger partial charge >= 0.3 is 5.97 Å². The number of aromatic carboxylic acids is 1. The number of carbonyl (C=O) groups is 1. The topological polar surface area (TPSA) is 164 Å². The highest BCUT2D eigenvalue weighted by molar-refractivity contribution is 5.89. The lowest BCUT2D eigenvalue weighted by molar-refractivity contribution is 0.0696. The number of nitrogens with two attached hydrogens (primary N) is 3. The third-order valence-corrected chi connectivity index (χ3v) is 3.94. The molecule has 0 amide bonds. The number of hydrogen-bond donors (Lipinski definition) is 6. The summed E-state index contributed by atoms with van der Waals surface area (Å²) < 4.78 is 11.7. The zero-order chi connectivity index (χ0) is 21.4. The summed E-state index contributed by atoms with van der Waals surface area (Å²) in [5.74, 6) is 5.26. The molecule has 1 heterocycles. The maximum Gasteiger partial charge on any atom is 0.335 e. The van der Waals surface area contributed by atoms with Crippen molar-refractivity contribution in [2.75, 3.05) is 33.9 Å². The highest BCUT2D eigenvalue weighted by atomic mass is 16.5. The molecule has 0 aliphatic carbocycles. The molecule has 0 fully saturated rings. The Kier molecular flexibility index (Phi) is 7.95. The van der Waals surface area contributed by atoms with Gasteiger partial charge in [-0.05, 0) is 31.5 Å². The van der Waals surface area contributed by atoms with Crippen LogP contribution < -0.4 is 37.7 Å². The quantitative estimate of drug-likeness (QED) is 0.206. The third kappa shape index (κ3) is 6.75. The van der Waals surface area contributed by atoms with Crippen LogP contribution in [0.25, 0.3) is 0 Å². The van der Waals surface area contributed by atoms with Gasteiger partial charge in [-0.2, -0.15) is 0 Å². The van der Waals surface area contributed by atoms with Gasteiger partial charge in [0.2, 0.25) is 0 Å². The van der Waals surface area contributed by atoms with Crippen LogP contribution in [-0.2, 0) is 6.42 Å². The van der Waals surface area contributed by atoms with E-state index < -0.39 is 5.97 Å². The fraction of sp³-hybridized carbons (Fsp3) is 0.389. The molecule has 9 N–H and O–H groups in total. The zero-order valence-electron chi connectivity index (χ0n) is 16.6. The lowest BCUT2D eigenvalue weighted by Gasteiger charge is -2.18. The average molecular weight is 407 g/mol. The van der Waals surface area contributed by atoms with Gasteiger partial charge in [0.1, 0.15) is 24.7 Å². The predicted molar refractivity (Wildman–Crippen MR) is 108 cm³/mol. The molecule has 29 heavy (non-hydrogen) atoms. The number of carboxylic acids is 1. The molecular weight excluding hydrogens is 378 g/mol. The van der Waals surface area contributed by atoms with Crippen LogP contribution in [0.1, 0.15) is 22.3 Å². The molecule has 11 heteroatoms. The number of carboxylic acid groups (broad SMARTS) is 1. The van der Waals surface area contributed by atoms with E-state index in [0.29, 0.717) is 36.6 Å². The van der Waals surface area contributed by atoms with Gasteiger partial charge in [0.05, 0.1) is 17.0 Å². The smallest absolute Gasteiger partial charge is 0.335 e. The zero-order valence-corrected chi connectivity index (χ0v) is 16.6. The maximum atomic E-state index is 11.6. The van der Waals surface area contributed by atoms with Crippen molar-refractivity contribution in [2.45, 2.75) is 12.8 Å². The van der Waals surface area contributed by atoms with Gasteiger partial charge in [0.25, 0.3) is 0 Å². The van der Waals surface area contributed by atoms with Crippen LogP contribution in [-0.4, -0.2) is 54.9 Å². The summed E-state index contributed by atoms with van der Waals surface area (Å²) in [6, 6.07) is 2.95. The Labute approximate surface area is 169 Å². The molecule has 0 atom stereocenters. The van der Waals surface area contributed by atoms with Crippen LogP contribution in [0.4, 0.5) is 0 Å². The van der Waals surface area contributed by atoms with Crippen molar-refractivity contribution in [2.24, 2.45) is 17.3 Å². The molecule has 0 saturated carbocycles. The van der Waals surface area contributed by atoms with Gasteiger partial charge in [-0.1, -0.05) is 0 Å². The Bertz CT molecular complexity index is 780. The van der Waals surface area contributed by atoms with E-state index in [2.05, 4.69) is 11.0 Å². The van der Waals surface area contributed by atoms with Crippen molar-refractivity contribution in [3.63, 3.8) is 0 Å². The highest BCUT2D eigenvalue weighted by Gasteiger charge is 2.18. The van der Waals surface area contributed by atoms with Gasteiger partial charge < -0.3 is 36.5 Å². The average Bonchev–Trinajstić information content (AvgIpc) is 3.07. The lowest BCUT2D eigenvalue weighted by Crippen LogP contribution is -2.34. The maximum absolute atomic E-state index is 11.6. The van der Waals surface area contributed by atoms with Crippen LogP contribution in [0.2, 0.25) is 0 Å². The Morgan fingerprint density at radius 3 is 2.59 bits per heavy atom. The molecule has 1 aliphatic rings.